The summed E-state index contributed by atoms with van der Waals surface area (Å²) in [4.78, 5) is 30.4. The molecule has 2 aliphatic heterocycles. The van der Waals surface area contributed by atoms with E-state index in [1.807, 2.05) is 0 Å². The quantitative estimate of drug-likeness (QED) is 0.555. The maximum atomic E-state index is 12.9. The predicted molar refractivity (Wildman–Crippen MR) is 106 cm³/mol. The van der Waals surface area contributed by atoms with Crippen LogP contribution in [-0.4, -0.2) is 99.4 Å². The Kier molecular flexibility index (Phi) is 7.68. The molecule has 1 aliphatic carbocycles. The summed E-state index contributed by atoms with van der Waals surface area (Å²) in [5.41, 5.74) is -0.880. The summed E-state index contributed by atoms with van der Waals surface area (Å²) in [5, 5.41) is 6.09. The molecule has 28 heavy (non-hydrogen) atoms. The van der Waals surface area contributed by atoms with E-state index in [1.54, 1.807) is 0 Å². The van der Waals surface area contributed by atoms with Crippen molar-refractivity contribution in [2.24, 2.45) is 5.41 Å². The molecule has 0 unspecified atom stereocenters. The van der Waals surface area contributed by atoms with Crippen molar-refractivity contribution >= 4 is 11.8 Å². The fourth-order valence-electron chi connectivity index (χ4n) is 4.20. The van der Waals surface area contributed by atoms with Crippen molar-refractivity contribution in [1.29, 1.82) is 0 Å². The Morgan fingerprint density at radius 3 is 1.54 bits per heavy atom. The SMILES string of the molecule is C[C@H](CNC(=O)C1(C(=O)NC[C@H](C)N2CCOCC2)CCC1)N1CCOCC1. The zero-order chi connectivity index (χ0) is 20.0. The Balaban J connectivity index is 1.45. The van der Waals surface area contributed by atoms with Gasteiger partial charge in [0.25, 0.3) is 0 Å². The van der Waals surface area contributed by atoms with Crippen LogP contribution in [0.4, 0.5) is 0 Å². The van der Waals surface area contributed by atoms with Gasteiger partial charge in [-0.3, -0.25) is 19.4 Å². The van der Waals surface area contributed by atoms with Gasteiger partial charge in [0.05, 0.1) is 26.4 Å². The van der Waals surface area contributed by atoms with E-state index in [0.29, 0.717) is 25.9 Å². The number of nitrogens with one attached hydrogen (secondary N) is 2. The van der Waals surface area contributed by atoms with E-state index in [-0.39, 0.29) is 23.9 Å². The fraction of sp³-hybridized carbons (Fsp3) is 0.900. The first-order valence-corrected chi connectivity index (χ1v) is 10.7. The third-order valence-corrected chi connectivity index (χ3v) is 6.53. The van der Waals surface area contributed by atoms with Crippen molar-refractivity contribution in [2.45, 2.75) is 45.2 Å². The molecule has 3 aliphatic rings. The highest BCUT2D eigenvalue weighted by atomic mass is 16.5. The smallest absolute Gasteiger partial charge is 0.235 e. The number of morpholine rings is 2. The summed E-state index contributed by atoms with van der Waals surface area (Å²) in [6.45, 7) is 11.9. The van der Waals surface area contributed by atoms with Gasteiger partial charge in [-0.25, -0.2) is 0 Å². The third kappa shape index (κ3) is 5.03. The van der Waals surface area contributed by atoms with Crippen molar-refractivity contribution in [3.63, 3.8) is 0 Å². The Labute approximate surface area is 168 Å². The lowest BCUT2D eigenvalue weighted by Gasteiger charge is -2.40. The highest BCUT2D eigenvalue weighted by Gasteiger charge is 2.50. The van der Waals surface area contributed by atoms with Gasteiger partial charge in [0.1, 0.15) is 5.41 Å². The molecule has 8 nitrogen and oxygen atoms in total. The summed E-state index contributed by atoms with van der Waals surface area (Å²) in [7, 11) is 0. The molecule has 2 atom stereocenters. The van der Waals surface area contributed by atoms with E-state index in [9.17, 15) is 9.59 Å². The van der Waals surface area contributed by atoms with Crippen LogP contribution in [0.1, 0.15) is 33.1 Å². The predicted octanol–water partition coefficient (Wildman–Crippen LogP) is -0.169. The second-order valence-corrected chi connectivity index (χ2v) is 8.35. The van der Waals surface area contributed by atoms with E-state index in [0.717, 1.165) is 59.0 Å². The summed E-state index contributed by atoms with van der Waals surface area (Å²) >= 11 is 0. The standard InChI is InChI=1S/C20H36N4O4/c1-16(23-6-10-27-11-7-23)14-21-18(25)20(4-3-5-20)19(26)22-15-17(2)24-8-12-28-13-9-24/h16-17H,3-15H2,1-2H3,(H,21,25)(H,22,26)/t16-,17+. The van der Waals surface area contributed by atoms with Crippen molar-refractivity contribution in [2.75, 3.05) is 65.7 Å². The molecule has 0 aromatic heterocycles. The van der Waals surface area contributed by atoms with Gasteiger partial charge in [-0.1, -0.05) is 6.42 Å². The van der Waals surface area contributed by atoms with Crippen molar-refractivity contribution in [3.05, 3.63) is 0 Å². The fourth-order valence-corrected chi connectivity index (χ4v) is 4.20. The number of hydrogen-bond acceptors (Lipinski definition) is 6. The number of amides is 2. The minimum Gasteiger partial charge on any atom is -0.379 e. The lowest BCUT2D eigenvalue weighted by molar-refractivity contribution is -0.150. The topological polar surface area (TPSA) is 83.1 Å². The summed E-state index contributed by atoms with van der Waals surface area (Å²) in [5.74, 6) is -0.231. The van der Waals surface area contributed by atoms with E-state index in [2.05, 4.69) is 34.3 Å². The zero-order valence-electron chi connectivity index (χ0n) is 17.4. The minimum atomic E-state index is -0.880. The van der Waals surface area contributed by atoms with Gasteiger partial charge in [-0.05, 0) is 26.7 Å². The van der Waals surface area contributed by atoms with Gasteiger partial charge in [0.2, 0.25) is 11.8 Å². The maximum Gasteiger partial charge on any atom is 0.235 e. The van der Waals surface area contributed by atoms with Crippen LogP contribution in [0.5, 0.6) is 0 Å². The highest BCUT2D eigenvalue weighted by Crippen LogP contribution is 2.41. The third-order valence-electron chi connectivity index (χ3n) is 6.53. The average Bonchev–Trinajstić information content (AvgIpc) is 2.70. The maximum absolute atomic E-state index is 12.9. The van der Waals surface area contributed by atoms with Gasteiger partial charge in [0.15, 0.2) is 0 Å². The van der Waals surface area contributed by atoms with E-state index < -0.39 is 5.41 Å². The van der Waals surface area contributed by atoms with Gasteiger partial charge >= 0.3 is 0 Å². The van der Waals surface area contributed by atoms with E-state index >= 15 is 0 Å². The molecular formula is C20H36N4O4. The largest absolute Gasteiger partial charge is 0.379 e. The van der Waals surface area contributed by atoms with Crippen LogP contribution in [0.15, 0.2) is 0 Å². The molecule has 0 spiro atoms. The molecule has 3 fully saturated rings. The van der Waals surface area contributed by atoms with Crippen molar-refractivity contribution < 1.29 is 19.1 Å². The van der Waals surface area contributed by atoms with Crippen LogP contribution in [0.25, 0.3) is 0 Å². The summed E-state index contributed by atoms with van der Waals surface area (Å²) in [6, 6.07) is 0.490. The lowest BCUT2D eigenvalue weighted by atomic mass is 9.67. The van der Waals surface area contributed by atoms with Gasteiger partial charge < -0.3 is 20.1 Å². The molecule has 2 amide bonds. The van der Waals surface area contributed by atoms with Crippen LogP contribution in [-0.2, 0) is 19.1 Å². The first kappa shape index (κ1) is 21.5. The lowest BCUT2D eigenvalue weighted by Crippen LogP contribution is -2.58. The van der Waals surface area contributed by atoms with Gasteiger partial charge in [-0.15, -0.1) is 0 Å². The van der Waals surface area contributed by atoms with Crippen molar-refractivity contribution in [1.82, 2.24) is 20.4 Å². The number of hydrogen-bond donors (Lipinski definition) is 2. The molecule has 8 heteroatoms. The molecule has 2 saturated heterocycles. The second-order valence-electron chi connectivity index (χ2n) is 8.35. The Hall–Kier alpha value is -1.22. The molecule has 3 rings (SSSR count). The van der Waals surface area contributed by atoms with E-state index in [1.165, 1.54) is 0 Å². The summed E-state index contributed by atoms with van der Waals surface area (Å²) in [6.07, 6.45) is 2.21. The van der Waals surface area contributed by atoms with Gasteiger partial charge in [-0.2, -0.15) is 0 Å². The molecule has 0 aromatic carbocycles. The molecular weight excluding hydrogens is 360 g/mol. The Morgan fingerprint density at radius 2 is 1.21 bits per heavy atom. The number of rotatable bonds is 8. The first-order valence-electron chi connectivity index (χ1n) is 10.7. The van der Waals surface area contributed by atoms with Crippen LogP contribution >= 0.6 is 0 Å². The molecule has 0 radical (unpaired) electrons. The molecule has 1 saturated carbocycles. The van der Waals surface area contributed by atoms with Gasteiger partial charge in [0, 0.05) is 51.4 Å². The monoisotopic (exact) mass is 396 g/mol. The second kappa shape index (κ2) is 10.0. The highest BCUT2D eigenvalue weighted by molar-refractivity contribution is 6.05. The van der Waals surface area contributed by atoms with Crippen molar-refractivity contribution in [3.8, 4) is 0 Å². The molecule has 2 N–H and O–H groups in total. The molecule has 160 valence electrons. The minimum absolute atomic E-state index is 0.115. The number of carbonyl (C=O) groups excluding carboxylic acids is 2. The number of nitrogens with zero attached hydrogens (tertiary/aromatic N) is 2. The van der Waals surface area contributed by atoms with Crippen LogP contribution in [0.2, 0.25) is 0 Å². The Bertz CT molecular complexity index is 486. The molecule has 0 aromatic rings. The van der Waals surface area contributed by atoms with Crippen LogP contribution in [0, 0.1) is 5.41 Å². The Morgan fingerprint density at radius 1 is 0.821 bits per heavy atom. The van der Waals surface area contributed by atoms with Crippen LogP contribution in [0.3, 0.4) is 0 Å². The summed E-state index contributed by atoms with van der Waals surface area (Å²) < 4.78 is 10.8. The average molecular weight is 397 g/mol. The first-order chi connectivity index (χ1) is 13.5. The number of ether oxygens (including phenoxy) is 2. The molecule has 2 heterocycles. The molecule has 0 bridgehead atoms. The zero-order valence-corrected chi connectivity index (χ0v) is 17.4. The van der Waals surface area contributed by atoms with Crippen LogP contribution < -0.4 is 10.6 Å². The number of carbonyl (C=O) groups is 2. The normalized spacial score (nSPS) is 25.4. The van der Waals surface area contributed by atoms with E-state index in [4.69, 9.17) is 9.47 Å².